The molecule has 0 aromatic heterocycles. The minimum Gasteiger partial charge on any atom is -0.485 e. The van der Waals surface area contributed by atoms with Crippen molar-refractivity contribution in [3.63, 3.8) is 0 Å². The first-order chi connectivity index (χ1) is 8.97. The van der Waals surface area contributed by atoms with Crippen LogP contribution in [0.1, 0.15) is 0 Å². The van der Waals surface area contributed by atoms with Gasteiger partial charge in [0.1, 0.15) is 6.61 Å². The summed E-state index contributed by atoms with van der Waals surface area (Å²) in [6.45, 7) is 4.55. The van der Waals surface area contributed by atoms with E-state index in [0.29, 0.717) is 6.61 Å². The van der Waals surface area contributed by atoms with Gasteiger partial charge in [0.2, 0.25) is 0 Å². The normalized spacial score (nSPS) is 17.6. The van der Waals surface area contributed by atoms with E-state index in [2.05, 4.69) is 0 Å². The summed E-state index contributed by atoms with van der Waals surface area (Å²) in [7, 11) is -1.18. The number of hydrogen-bond donors (Lipinski definition) is 0. The fourth-order valence-electron chi connectivity index (χ4n) is 1.65. The van der Waals surface area contributed by atoms with Gasteiger partial charge in [-0.2, -0.15) is 0 Å². The van der Waals surface area contributed by atoms with E-state index in [1.165, 1.54) is 0 Å². The highest BCUT2D eigenvalue weighted by molar-refractivity contribution is 6.48. The van der Waals surface area contributed by atoms with Crippen LogP contribution in [0.3, 0.4) is 0 Å². The lowest BCUT2D eigenvalue weighted by molar-refractivity contribution is -0.385. The Morgan fingerprint density at radius 1 is 1.58 bits per heavy atom. The summed E-state index contributed by atoms with van der Waals surface area (Å²) < 4.78 is 30.0. The second-order valence-corrected chi connectivity index (χ2v) is 6.88. The summed E-state index contributed by atoms with van der Waals surface area (Å²) in [6.07, 6.45) is -0.390. The van der Waals surface area contributed by atoms with Crippen molar-refractivity contribution in [2.24, 2.45) is 0 Å². The van der Waals surface area contributed by atoms with Crippen LogP contribution >= 0.6 is 0 Å². The average molecular weight is 287 g/mol. The van der Waals surface area contributed by atoms with Crippen LogP contribution in [0.15, 0.2) is 12.1 Å². The van der Waals surface area contributed by atoms with Crippen molar-refractivity contribution in [3.8, 4) is 11.5 Å². The Labute approximate surface area is 111 Å². The molecule has 1 aromatic rings. The molecule has 0 amide bonds. The zero-order valence-corrected chi connectivity index (χ0v) is 11.7. The summed E-state index contributed by atoms with van der Waals surface area (Å²) in [6, 6.07) is 1.98. The molecule has 0 N–H and O–H groups in total. The van der Waals surface area contributed by atoms with Gasteiger partial charge in [-0.1, -0.05) is 0 Å². The van der Waals surface area contributed by atoms with Crippen molar-refractivity contribution in [1.82, 2.24) is 0 Å². The fraction of sp³-hybridized carbons (Fsp3) is 0.455. The van der Waals surface area contributed by atoms with Crippen molar-refractivity contribution in [2.75, 3.05) is 13.2 Å². The van der Waals surface area contributed by atoms with E-state index in [-0.39, 0.29) is 23.8 Å². The molecule has 0 saturated carbocycles. The number of halogens is 1. The largest absolute Gasteiger partial charge is 0.485 e. The summed E-state index contributed by atoms with van der Waals surface area (Å²) in [5.41, 5.74) is -0.357. The van der Waals surface area contributed by atoms with Crippen LogP contribution in [0.5, 0.6) is 11.5 Å². The number of hydrogen-bond acceptors (Lipinski definition) is 5. The topological polar surface area (TPSA) is 70.8 Å². The van der Waals surface area contributed by atoms with Crippen LogP contribution in [0, 0.1) is 15.9 Å². The number of non-ortho nitro benzene ring substituents is 1. The van der Waals surface area contributed by atoms with Gasteiger partial charge in [0.05, 0.1) is 23.7 Å². The van der Waals surface area contributed by atoms with E-state index in [9.17, 15) is 14.5 Å². The highest BCUT2D eigenvalue weighted by atomic mass is 28.3. The minimum absolute atomic E-state index is 0.0599. The summed E-state index contributed by atoms with van der Waals surface area (Å²) in [5.74, 6) is -0.823. The molecule has 1 aliphatic rings. The zero-order chi connectivity index (χ0) is 14.0. The van der Waals surface area contributed by atoms with E-state index in [4.69, 9.17) is 13.9 Å². The second-order valence-electron chi connectivity index (χ2n) is 4.44. The maximum Gasteiger partial charge on any atom is 0.276 e. The second kappa shape index (κ2) is 5.53. The molecule has 0 aliphatic carbocycles. The number of fused-ring (bicyclic) bond motifs is 1. The molecule has 2 rings (SSSR count). The lowest BCUT2D eigenvalue weighted by Crippen LogP contribution is -2.35. The molecule has 0 fully saturated rings. The molecular weight excluding hydrogens is 273 g/mol. The molecule has 1 aliphatic heterocycles. The molecule has 19 heavy (non-hydrogen) atoms. The number of benzene rings is 1. The summed E-state index contributed by atoms with van der Waals surface area (Å²) in [4.78, 5) is 9.93. The Balaban J connectivity index is 2.15. The van der Waals surface area contributed by atoms with Crippen LogP contribution in [-0.2, 0) is 4.43 Å². The zero-order valence-electron chi connectivity index (χ0n) is 10.6. The fourth-order valence-corrected chi connectivity index (χ4v) is 2.25. The Hall–Kier alpha value is -1.67. The summed E-state index contributed by atoms with van der Waals surface area (Å²) in [5, 5.41) is 10.6. The van der Waals surface area contributed by atoms with Crippen molar-refractivity contribution in [2.45, 2.75) is 19.2 Å². The molecule has 1 aromatic carbocycles. The Morgan fingerprint density at radius 3 is 2.95 bits per heavy atom. The van der Waals surface area contributed by atoms with Gasteiger partial charge in [-0.25, -0.2) is 4.39 Å². The smallest absolute Gasteiger partial charge is 0.276 e. The highest BCUT2D eigenvalue weighted by Crippen LogP contribution is 2.37. The maximum absolute atomic E-state index is 13.7. The first-order valence-corrected chi connectivity index (χ1v) is 8.64. The molecule has 6 nitrogen and oxygen atoms in total. The molecule has 0 spiro atoms. The van der Waals surface area contributed by atoms with Gasteiger partial charge >= 0.3 is 0 Å². The van der Waals surface area contributed by atoms with Crippen molar-refractivity contribution >= 4 is 14.7 Å². The van der Waals surface area contributed by atoms with Gasteiger partial charge in [0.15, 0.2) is 32.5 Å². The third-order valence-electron chi connectivity index (χ3n) is 2.53. The Kier molecular flexibility index (Phi) is 4.01. The molecule has 1 heterocycles. The van der Waals surface area contributed by atoms with Gasteiger partial charge in [0, 0.05) is 0 Å². The first-order valence-electron chi connectivity index (χ1n) is 5.86. The van der Waals surface area contributed by atoms with Gasteiger partial charge in [-0.05, 0) is 13.1 Å². The Morgan fingerprint density at radius 2 is 2.32 bits per heavy atom. The van der Waals surface area contributed by atoms with Crippen LogP contribution in [0.2, 0.25) is 13.1 Å². The number of rotatable bonds is 4. The molecular formula is C11H14FNO5Si. The van der Waals surface area contributed by atoms with Crippen molar-refractivity contribution in [1.29, 1.82) is 0 Å². The number of nitro benzene ring substituents is 1. The number of nitrogens with zero attached hydrogens (tertiary/aromatic N) is 1. The predicted molar refractivity (Wildman–Crippen MR) is 67.8 cm³/mol. The number of nitro groups is 1. The van der Waals surface area contributed by atoms with Gasteiger partial charge < -0.3 is 13.9 Å². The molecule has 0 radical (unpaired) electrons. The minimum atomic E-state index is -1.18. The van der Waals surface area contributed by atoms with E-state index in [1.54, 1.807) is 0 Å². The van der Waals surface area contributed by atoms with Crippen LogP contribution in [0.4, 0.5) is 10.1 Å². The van der Waals surface area contributed by atoms with E-state index in [0.717, 1.165) is 12.1 Å². The van der Waals surface area contributed by atoms with E-state index < -0.39 is 25.9 Å². The van der Waals surface area contributed by atoms with Crippen LogP contribution < -0.4 is 9.47 Å². The van der Waals surface area contributed by atoms with E-state index in [1.807, 2.05) is 13.1 Å². The quantitative estimate of drug-likeness (QED) is 0.480. The average Bonchev–Trinajstić information content (AvgIpc) is 2.36. The van der Waals surface area contributed by atoms with Crippen molar-refractivity contribution < 1.29 is 23.2 Å². The molecule has 104 valence electrons. The molecule has 1 atom stereocenters. The van der Waals surface area contributed by atoms with Gasteiger partial charge in [-0.15, -0.1) is 0 Å². The maximum atomic E-state index is 13.7. The van der Waals surface area contributed by atoms with Gasteiger partial charge in [-0.3, -0.25) is 10.1 Å². The lowest BCUT2D eigenvalue weighted by atomic mass is 10.2. The predicted octanol–water partition coefficient (Wildman–Crippen LogP) is 1.87. The molecule has 0 saturated heterocycles. The third kappa shape index (κ3) is 3.21. The standard InChI is InChI=1S/C11H14FNO5Si/c1-19(2)17-6-8-5-16-10-4-7(13(14)15)3-9(12)11(10)18-8/h3-4,8,19H,5-6H2,1-2H3. The Bertz CT molecular complexity index is 496. The number of ether oxygens (including phenoxy) is 2. The molecule has 8 heteroatoms. The SMILES string of the molecule is C[SiH](C)OCC1COc2cc([N+](=O)[O-])cc(F)c2O1. The van der Waals surface area contributed by atoms with E-state index >= 15 is 0 Å². The molecule has 1 unspecified atom stereocenters. The third-order valence-corrected chi connectivity index (χ3v) is 3.39. The van der Waals surface area contributed by atoms with Crippen LogP contribution in [0.25, 0.3) is 0 Å². The monoisotopic (exact) mass is 287 g/mol. The lowest BCUT2D eigenvalue weighted by Gasteiger charge is -2.27. The molecule has 0 bridgehead atoms. The van der Waals surface area contributed by atoms with Gasteiger partial charge in [0.25, 0.3) is 5.69 Å². The summed E-state index contributed by atoms with van der Waals surface area (Å²) >= 11 is 0. The highest BCUT2D eigenvalue weighted by Gasteiger charge is 2.27. The first kappa shape index (κ1) is 13.8. The van der Waals surface area contributed by atoms with Crippen LogP contribution in [-0.4, -0.2) is 33.3 Å². The van der Waals surface area contributed by atoms with Crippen molar-refractivity contribution in [3.05, 3.63) is 28.1 Å².